The quantitative estimate of drug-likeness (QED) is 0.0928. The average Bonchev–Trinajstić information content (AvgIpc) is 3.34. The van der Waals surface area contributed by atoms with Crippen LogP contribution in [0.3, 0.4) is 0 Å². The summed E-state index contributed by atoms with van der Waals surface area (Å²) in [6.45, 7) is 11.7. The van der Waals surface area contributed by atoms with E-state index >= 15 is 0 Å². The standard InChI is InChI=1S/C31H33N5O3S/c1-20-7-15-26(16-8-20)36-29(24-9-13-25(14-10-24)31(4,5)6)34-35-30(36)40-19-28(38)33-32-21(2)23-11-17-27(18-12-23)39-22(3)37/h7-18H,19H2,1-6H3,(H,33,38). The van der Waals surface area contributed by atoms with Crippen LogP contribution in [-0.2, 0) is 15.0 Å². The van der Waals surface area contributed by atoms with Gasteiger partial charge in [0.2, 0.25) is 0 Å². The summed E-state index contributed by atoms with van der Waals surface area (Å²) in [7, 11) is 0. The molecule has 3 aromatic carbocycles. The van der Waals surface area contributed by atoms with Crippen molar-refractivity contribution in [1.82, 2.24) is 20.2 Å². The number of benzene rings is 3. The lowest BCUT2D eigenvalue weighted by atomic mass is 9.87. The van der Waals surface area contributed by atoms with Crippen molar-refractivity contribution in [2.75, 3.05) is 5.75 Å². The summed E-state index contributed by atoms with van der Waals surface area (Å²) < 4.78 is 7.03. The Morgan fingerprint density at radius 1 is 0.925 bits per heavy atom. The van der Waals surface area contributed by atoms with Gasteiger partial charge in [0.1, 0.15) is 5.75 Å². The molecule has 9 heteroatoms. The Labute approximate surface area is 238 Å². The highest BCUT2D eigenvalue weighted by molar-refractivity contribution is 7.99. The van der Waals surface area contributed by atoms with Crippen LogP contribution in [0.2, 0.25) is 0 Å². The minimum absolute atomic E-state index is 0.0473. The summed E-state index contributed by atoms with van der Waals surface area (Å²) in [5, 5.41) is 13.8. The number of rotatable bonds is 8. The first kappa shape index (κ1) is 28.8. The molecule has 0 aliphatic rings. The highest BCUT2D eigenvalue weighted by Gasteiger charge is 2.19. The van der Waals surface area contributed by atoms with E-state index < -0.39 is 0 Å². The Bertz CT molecular complexity index is 1520. The first-order valence-corrected chi connectivity index (χ1v) is 13.9. The number of amides is 1. The predicted molar refractivity (Wildman–Crippen MR) is 159 cm³/mol. The maximum absolute atomic E-state index is 12.7. The third kappa shape index (κ3) is 7.24. The zero-order valence-corrected chi connectivity index (χ0v) is 24.4. The zero-order valence-electron chi connectivity index (χ0n) is 23.6. The van der Waals surface area contributed by atoms with Gasteiger partial charge in [-0.25, -0.2) is 5.43 Å². The first-order valence-electron chi connectivity index (χ1n) is 12.9. The molecule has 0 fully saturated rings. The number of esters is 1. The predicted octanol–water partition coefficient (Wildman–Crippen LogP) is 6.10. The Kier molecular flexibility index (Phi) is 8.84. The van der Waals surface area contributed by atoms with E-state index in [1.165, 1.54) is 24.2 Å². The van der Waals surface area contributed by atoms with Crippen LogP contribution in [-0.4, -0.2) is 38.1 Å². The van der Waals surface area contributed by atoms with Crippen LogP contribution in [0.5, 0.6) is 5.75 Å². The summed E-state index contributed by atoms with van der Waals surface area (Å²) in [5.41, 5.74) is 8.32. The SMILES string of the molecule is CC(=O)Oc1ccc(C(C)=NNC(=O)CSc2nnc(-c3ccc(C(C)(C)C)cc3)n2-c2ccc(C)cc2)cc1. The molecule has 0 bridgehead atoms. The normalized spacial score (nSPS) is 11.8. The lowest BCUT2D eigenvalue weighted by molar-refractivity contribution is -0.131. The van der Waals surface area contributed by atoms with Gasteiger partial charge in [0.05, 0.1) is 11.5 Å². The second-order valence-corrected chi connectivity index (χ2v) is 11.4. The molecule has 1 aromatic heterocycles. The summed E-state index contributed by atoms with van der Waals surface area (Å²) in [6, 6.07) is 23.4. The van der Waals surface area contributed by atoms with E-state index in [4.69, 9.17) is 4.74 Å². The van der Waals surface area contributed by atoms with E-state index in [9.17, 15) is 9.59 Å². The van der Waals surface area contributed by atoms with Crippen molar-refractivity contribution < 1.29 is 14.3 Å². The van der Waals surface area contributed by atoms with Gasteiger partial charge in [-0.15, -0.1) is 10.2 Å². The minimum Gasteiger partial charge on any atom is -0.427 e. The van der Waals surface area contributed by atoms with Crippen molar-refractivity contribution in [3.8, 4) is 22.8 Å². The largest absolute Gasteiger partial charge is 0.427 e. The Balaban J connectivity index is 1.50. The van der Waals surface area contributed by atoms with E-state index in [-0.39, 0.29) is 23.0 Å². The average molecular weight is 556 g/mol. The number of nitrogens with zero attached hydrogens (tertiary/aromatic N) is 4. The number of hydrazone groups is 1. The molecule has 0 saturated heterocycles. The Morgan fingerprint density at radius 3 is 2.17 bits per heavy atom. The molecular formula is C31H33N5O3S. The summed E-state index contributed by atoms with van der Waals surface area (Å²) >= 11 is 1.29. The molecule has 4 rings (SSSR count). The molecule has 1 amide bonds. The molecule has 0 radical (unpaired) electrons. The van der Waals surface area contributed by atoms with Crippen molar-refractivity contribution in [2.45, 2.75) is 52.1 Å². The number of aryl methyl sites for hydroxylation is 1. The van der Waals surface area contributed by atoms with Crippen LogP contribution >= 0.6 is 11.8 Å². The molecule has 0 aliphatic carbocycles. The van der Waals surface area contributed by atoms with Gasteiger partial charge < -0.3 is 4.74 Å². The lowest BCUT2D eigenvalue weighted by Gasteiger charge is -2.19. The molecule has 206 valence electrons. The number of ether oxygens (including phenoxy) is 1. The summed E-state index contributed by atoms with van der Waals surface area (Å²) in [5.74, 6) is 0.613. The number of hydrogen-bond acceptors (Lipinski definition) is 7. The topological polar surface area (TPSA) is 98.5 Å². The number of carbonyl (C=O) groups is 2. The van der Waals surface area contributed by atoms with Crippen LogP contribution in [0.1, 0.15) is 51.3 Å². The van der Waals surface area contributed by atoms with Gasteiger partial charge in [-0.05, 0) is 66.8 Å². The fraction of sp³-hybridized carbons (Fsp3) is 0.258. The van der Waals surface area contributed by atoms with Crippen LogP contribution in [0, 0.1) is 6.92 Å². The molecular weight excluding hydrogens is 522 g/mol. The van der Waals surface area contributed by atoms with Gasteiger partial charge in [0.25, 0.3) is 5.91 Å². The third-order valence-electron chi connectivity index (χ3n) is 6.15. The summed E-state index contributed by atoms with van der Waals surface area (Å²) in [6.07, 6.45) is 0. The van der Waals surface area contributed by atoms with Crippen LogP contribution in [0.4, 0.5) is 0 Å². The fourth-order valence-corrected chi connectivity index (χ4v) is 4.64. The van der Waals surface area contributed by atoms with Crippen LogP contribution in [0.25, 0.3) is 17.1 Å². The molecule has 4 aromatic rings. The maximum atomic E-state index is 12.7. The second-order valence-electron chi connectivity index (χ2n) is 10.4. The molecule has 0 atom stereocenters. The molecule has 0 saturated carbocycles. The van der Waals surface area contributed by atoms with Gasteiger partial charge in [-0.2, -0.15) is 5.10 Å². The molecule has 0 unspecified atom stereocenters. The fourth-order valence-electron chi connectivity index (χ4n) is 3.90. The second kappa shape index (κ2) is 12.3. The zero-order chi connectivity index (χ0) is 28.9. The van der Waals surface area contributed by atoms with Crippen molar-refractivity contribution in [1.29, 1.82) is 0 Å². The maximum Gasteiger partial charge on any atom is 0.308 e. The van der Waals surface area contributed by atoms with Gasteiger partial charge in [0, 0.05) is 18.2 Å². The van der Waals surface area contributed by atoms with Gasteiger partial charge in [-0.3, -0.25) is 14.2 Å². The molecule has 1 heterocycles. The number of aromatic nitrogens is 3. The number of carbonyl (C=O) groups excluding carboxylic acids is 2. The van der Waals surface area contributed by atoms with E-state index in [0.29, 0.717) is 22.4 Å². The Morgan fingerprint density at radius 2 is 1.57 bits per heavy atom. The number of thioether (sulfide) groups is 1. The monoisotopic (exact) mass is 555 g/mol. The van der Waals surface area contributed by atoms with Gasteiger partial charge >= 0.3 is 5.97 Å². The number of nitrogens with one attached hydrogen (secondary N) is 1. The molecule has 8 nitrogen and oxygen atoms in total. The lowest BCUT2D eigenvalue weighted by Crippen LogP contribution is -2.21. The van der Waals surface area contributed by atoms with Gasteiger partial charge in [0.15, 0.2) is 11.0 Å². The molecule has 40 heavy (non-hydrogen) atoms. The van der Waals surface area contributed by atoms with E-state index in [0.717, 1.165) is 22.4 Å². The van der Waals surface area contributed by atoms with Gasteiger partial charge in [-0.1, -0.05) is 74.5 Å². The smallest absolute Gasteiger partial charge is 0.308 e. The van der Waals surface area contributed by atoms with E-state index in [2.05, 4.69) is 65.8 Å². The highest BCUT2D eigenvalue weighted by Crippen LogP contribution is 2.30. The molecule has 0 aliphatic heterocycles. The number of hydrogen-bond donors (Lipinski definition) is 1. The van der Waals surface area contributed by atoms with E-state index in [1.54, 1.807) is 31.2 Å². The van der Waals surface area contributed by atoms with Crippen molar-refractivity contribution >= 4 is 29.4 Å². The summed E-state index contributed by atoms with van der Waals surface area (Å²) in [4.78, 5) is 23.8. The van der Waals surface area contributed by atoms with Crippen LogP contribution < -0.4 is 10.2 Å². The van der Waals surface area contributed by atoms with Crippen LogP contribution in [0.15, 0.2) is 83.1 Å². The van der Waals surface area contributed by atoms with Crippen molar-refractivity contribution in [3.63, 3.8) is 0 Å². The van der Waals surface area contributed by atoms with Crippen molar-refractivity contribution in [2.24, 2.45) is 5.10 Å². The molecule has 0 spiro atoms. The minimum atomic E-state index is -0.383. The Hall–Kier alpha value is -4.24. The highest BCUT2D eigenvalue weighted by atomic mass is 32.2. The molecule has 1 N–H and O–H groups in total. The third-order valence-corrected chi connectivity index (χ3v) is 7.08. The first-order chi connectivity index (χ1) is 19.0. The van der Waals surface area contributed by atoms with E-state index in [1.807, 2.05) is 35.8 Å². The van der Waals surface area contributed by atoms with Crippen molar-refractivity contribution in [3.05, 3.63) is 89.5 Å².